The van der Waals surface area contributed by atoms with Gasteiger partial charge in [-0.2, -0.15) is 13.2 Å². The summed E-state index contributed by atoms with van der Waals surface area (Å²) in [6, 6.07) is 3.29. The van der Waals surface area contributed by atoms with E-state index in [1.165, 1.54) is 11.0 Å². The molecule has 1 aliphatic rings. The molecule has 0 unspecified atom stereocenters. The quantitative estimate of drug-likeness (QED) is 0.810. The highest BCUT2D eigenvalue weighted by atomic mass is 79.9. The molecule has 18 heavy (non-hydrogen) atoms. The Morgan fingerprint density at radius 3 is 2.44 bits per heavy atom. The SMILES string of the molecule is CN(C(=O)C1CC1)c1ccc(C(F)(F)F)cc1Br. The first-order valence-corrected chi connectivity index (χ1v) is 6.24. The lowest BCUT2D eigenvalue weighted by Gasteiger charge is -2.19. The molecule has 0 radical (unpaired) electrons. The van der Waals surface area contributed by atoms with Crippen molar-refractivity contribution < 1.29 is 18.0 Å². The van der Waals surface area contributed by atoms with Gasteiger partial charge in [-0.1, -0.05) is 0 Å². The largest absolute Gasteiger partial charge is 0.416 e. The van der Waals surface area contributed by atoms with Crippen LogP contribution in [0.25, 0.3) is 0 Å². The normalized spacial score (nSPS) is 15.6. The number of carbonyl (C=O) groups is 1. The number of nitrogens with zero attached hydrogens (tertiary/aromatic N) is 1. The highest BCUT2D eigenvalue weighted by molar-refractivity contribution is 9.10. The molecule has 2 nitrogen and oxygen atoms in total. The van der Waals surface area contributed by atoms with Crippen LogP contribution < -0.4 is 4.90 Å². The second-order valence-electron chi connectivity index (χ2n) is 4.34. The average Bonchev–Trinajstić information content (AvgIpc) is 3.09. The Labute approximate surface area is 111 Å². The van der Waals surface area contributed by atoms with Crippen LogP contribution in [-0.4, -0.2) is 13.0 Å². The number of carbonyl (C=O) groups excluding carboxylic acids is 1. The summed E-state index contributed by atoms with van der Waals surface area (Å²) >= 11 is 3.08. The lowest BCUT2D eigenvalue weighted by molar-refractivity contribution is -0.137. The fourth-order valence-electron chi connectivity index (χ4n) is 1.68. The van der Waals surface area contributed by atoms with E-state index in [4.69, 9.17) is 0 Å². The first-order chi connectivity index (χ1) is 8.30. The molecule has 0 N–H and O–H groups in total. The molecule has 1 aliphatic carbocycles. The van der Waals surface area contributed by atoms with Crippen molar-refractivity contribution in [1.82, 2.24) is 0 Å². The smallest absolute Gasteiger partial charge is 0.314 e. The van der Waals surface area contributed by atoms with Gasteiger partial charge in [0, 0.05) is 17.4 Å². The zero-order valence-corrected chi connectivity index (χ0v) is 11.2. The van der Waals surface area contributed by atoms with Crippen molar-refractivity contribution in [2.24, 2.45) is 5.92 Å². The molecule has 1 aromatic rings. The summed E-state index contributed by atoms with van der Waals surface area (Å²) in [7, 11) is 1.58. The molecular weight excluding hydrogens is 311 g/mol. The Bertz CT molecular complexity index is 483. The van der Waals surface area contributed by atoms with Crippen molar-refractivity contribution in [3.05, 3.63) is 28.2 Å². The molecule has 1 amide bonds. The second kappa shape index (κ2) is 4.57. The van der Waals surface area contributed by atoms with Gasteiger partial charge in [-0.25, -0.2) is 0 Å². The molecule has 0 bridgehead atoms. The summed E-state index contributed by atoms with van der Waals surface area (Å²) in [5.41, 5.74) is -0.273. The van der Waals surface area contributed by atoms with Crippen LogP contribution >= 0.6 is 15.9 Å². The van der Waals surface area contributed by atoms with Gasteiger partial charge in [-0.05, 0) is 47.0 Å². The Kier molecular flexibility index (Phi) is 3.40. The van der Waals surface area contributed by atoms with Crippen molar-refractivity contribution in [2.45, 2.75) is 19.0 Å². The van der Waals surface area contributed by atoms with E-state index < -0.39 is 11.7 Å². The van der Waals surface area contributed by atoms with Crippen LogP contribution in [0.4, 0.5) is 18.9 Å². The number of hydrogen-bond donors (Lipinski definition) is 0. The van der Waals surface area contributed by atoms with Gasteiger partial charge in [-0.15, -0.1) is 0 Å². The minimum absolute atomic E-state index is 0.0317. The molecule has 0 aliphatic heterocycles. The van der Waals surface area contributed by atoms with Crippen molar-refractivity contribution >= 4 is 27.5 Å². The first-order valence-electron chi connectivity index (χ1n) is 5.45. The van der Waals surface area contributed by atoms with E-state index in [1.807, 2.05) is 0 Å². The topological polar surface area (TPSA) is 20.3 Å². The summed E-state index contributed by atoms with van der Waals surface area (Å²) in [4.78, 5) is 13.2. The van der Waals surface area contributed by atoms with Crippen molar-refractivity contribution in [1.29, 1.82) is 0 Å². The van der Waals surface area contributed by atoms with Crippen LogP contribution in [0.15, 0.2) is 22.7 Å². The molecule has 0 aromatic heterocycles. The van der Waals surface area contributed by atoms with Crippen molar-refractivity contribution in [3.8, 4) is 0 Å². The van der Waals surface area contributed by atoms with Gasteiger partial charge in [0.1, 0.15) is 0 Å². The summed E-state index contributed by atoms with van der Waals surface area (Å²) in [5.74, 6) is -0.0142. The summed E-state index contributed by atoms with van der Waals surface area (Å²) in [6.45, 7) is 0. The summed E-state index contributed by atoms with van der Waals surface area (Å²) in [5, 5.41) is 0. The number of anilines is 1. The molecule has 1 saturated carbocycles. The molecule has 2 rings (SSSR count). The van der Waals surface area contributed by atoms with E-state index in [0.29, 0.717) is 5.69 Å². The van der Waals surface area contributed by atoms with E-state index >= 15 is 0 Å². The Morgan fingerprint density at radius 1 is 1.39 bits per heavy atom. The van der Waals surface area contributed by atoms with Crippen molar-refractivity contribution in [3.63, 3.8) is 0 Å². The minimum Gasteiger partial charge on any atom is -0.314 e. The van der Waals surface area contributed by atoms with E-state index in [2.05, 4.69) is 15.9 Å². The molecule has 6 heteroatoms. The molecule has 0 atom stereocenters. The van der Waals surface area contributed by atoms with E-state index in [-0.39, 0.29) is 16.3 Å². The number of benzene rings is 1. The zero-order valence-electron chi connectivity index (χ0n) is 9.59. The molecule has 1 aromatic carbocycles. The van der Waals surface area contributed by atoms with Crippen LogP contribution in [0.5, 0.6) is 0 Å². The molecule has 0 heterocycles. The predicted molar refractivity (Wildman–Crippen MR) is 65.3 cm³/mol. The Hall–Kier alpha value is -1.04. The summed E-state index contributed by atoms with van der Waals surface area (Å²) < 4.78 is 37.8. The van der Waals surface area contributed by atoms with Gasteiger partial charge in [0.05, 0.1) is 11.3 Å². The van der Waals surface area contributed by atoms with E-state index in [9.17, 15) is 18.0 Å². The molecule has 0 spiro atoms. The van der Waals surface area contributed by atoms with Crippen LogP contribution in [0.2, 0.25) is 0 Å². The maximum Gasteiger partial charge on any atom is 0.416 e. The van der Waals surface area contributed by atoms with Crippen molar-refractivity contribution in [2.75, 3.05) is 11.9 Å². The van der Waals surface area contributed by atoms with Gasteiger partial charge >= 0.3 is 6.18 Å². The summed E-state index contributed by atoms with van der Waals surface area (Å²) in [6.07, 6.45) is -2.65. The third-order valence-corrected chi connectivity index (χ3v) is 3.53. The minimum atomic E-state index is -4.37. The van der Waals surface area contributed by atoms with Gasteiger partial charge in [0.25, 0.3) is 0 Å². The second-order valence-corrected chi connectivity index (χ2v) is 5.19. The maximum absolute atomic E-state index is 12.5. The molecule has 1 fully saturated rings. The average molecular weight is 322 g/mol. The third-order valence-electron chi connectivity index (χ3n) is 2.89. The van der Waals surface area contributed by atoms with E-state index in [0.717, 1.165) is 25.0 Å². The maximum atomic E-state index is 12.5. The number of hydrogen-bond acceptors (Lipinski definition) is 1. The zero-order chi connectivity index (χ0) is 13.5. The number of rotatable bonds is 2. The fourth-order valence-corrected chi connectivity index (χ4v) is 2.32. The standard InChI is InChI=1S/C12H11BrF3NO/c1-17(11(18)7-2-3-7)10-5-4-8(6-9(10)13)12(14,15)16/h4-7H,2-3H2,1H3. The lowest BCUT2D eigenvalue weighted by Crippen LogP contribution is -2.28. The monoisotopic (exact) mass is 321 g/mol. The van der Waals surface area contributed by atoms with Gasteiger partial charge < -0.3 is 4.90 Å². The van der Waals surface area contributed by atoms with E-state index in [1.54, 1.807) is 7.05 Å². The van der Waals surface area contributed by atoms with Crippen LogP contribution in [0.1, 0.15) is 18.4 Å². The highest BCUT2D eigenvalue weighted by Gasteiger charge is 2.34. The third kappa shape index (κ3) is 2.68. The highest BCUT2D eigenvalue weighted by Crippen LogP contribution is 2.37. The number of halogens is 4. The Balaban J connectivity index is 2.26. The van der Waals surface area contributed by atoms with Gasteiger partial charge in [-0.3, -0.25) is 4.79 Å². The molecule has 98 valence electrons. The van der Waals surface area contributed by atoms with Crippen LogP contribution in [0.3, 0.4) is 0 Å². The predicted octanol–water partition coefficient (Wildman–Crippen LogP) is 3.84. The molecule has 0 saturated heterocycles. The van der Waals surface area contributed by atoms with Crippen LogP contribution in [0, 0.1) is 5.92 Å². The molecular formula is C12H11BrF3NO. The fraction of sp³-hybridized carbons (Fsp3) is 0.417. The lowest BCUT2D eigenvalue weighted by atomic mass is 10.2. The number of amides is 1. The Morgan fingerprint density at radius 2 is 2.00 bits per heavy atom. The number of alkyl halides is 3. The van der Waals surface area contributed by atoms with Crippen LogP contribution in [-0.2, 0) is 11.0 Å². The van der Waals surface area contributed by atoms with Gasteiger partial charge in [0.2, 0.25) is 5.91 Å². The first kappa shape index (κ1) is 13.4. The van der Waals surface area contributed by atoms with Gasteiger partial charge in [0.15, 0.2) is 0 Å².